The van der Waals surface area contributed by atoms with Crippen LogP contribution in [0.4, 0.5) is 0 Å². The number of aliphatic hydroxyl groups is 1. The number of carbonyl (C=O) groups is 2. The molecule has 8 heteroatoms. The lowest BCUT2D eigenvalue weighted by Crippen LogP contribution is -2.30. The second kappa shape index (κ2) is 11.4. The van der Waals surface area contributed by atoms with Crippen LogP contribution in [0.3, 0.4) is 0 Å². The van der Waals surface area contributed by atoms with Crippen LogP contribution in [0, 0.1) is 0 Å². The van der Waals surface area contributed by atoms with Gasteiger partial charge in [-0.1, -0.05) is 54.9 Å². The van der Waals surface area contributed by atoms with Crippen LogP contribution in [0.2, 0.25) is 5.02 Å². The summed E-state index contributed by atoms with van der Waals surface area (Å²) in [6, 6.07) is 18.8. The molecule has 1 heterocycles. The summed E-state index contributed by atoms with van der Waals surface area (Å²) in [5.41, 5.74) is 1.72. The van der Waals surface area contributed by atoms with Crippen LogP contribution in [0.5, 0.6) is 17.2 Å². The zero-order valence-corrected chi connectivity index (χ0v) is 21.6. The first-order chi connectivity index (χ1) is 17.9. The third kappa shape index (κ3) is 5.27. The minimum atomic E-state index is -0.841. The van der Waals surface area contributed by atoms with Gasteiger partial charge in [-0.3, -0.25) is 9.59 Å². The Morgan fingerprint density at radius 2 is 1.73 bits per heavy atom. The molecule has 37 heavy (non-hydrogen) atoms. The summed E-state index contributed by atoms with van der Waals surface area (Å²) in [4.78, 5) is 27.8. The van der Waals surface area contributed by atoms with Crippen LogP contribution in [-0.4, -0.2) is 42.5 Å². The van der Waals surface area contributed by atoms with Crippen molar-refractivity contribution >= 4 is 29.1 Å². The van der Waals surface area contributed by atoms with Gasteiger partial charge in [0.25, 0.3) is 11.7 Å². The number of rotatable bonds is 9. The Balaban J connectivity index is 1.83. The zero-order valence-electron chi connectivity index (χ0n) is 20.9. The van der Waals surface area contributed by atoms with Gasteiger partial charge in [-0.05, 0) is 47.9 Å². The number of benzene rings is 3. The van der Waals surface area contributed by atoms with Gasteiger partial charge in [-0.25, -0.2) is 0 Å². The topological polar surface area (TPSA) is 85.3 Å². The van der Waals surface area contributed by atoms with Crippen LogP contribution in [0.25, 0.3) is 5.76 Å². The van der Waals surface area contributed by atoms with E-state index in [0.717, 1.165) is 5.56 Å². The van der Waals surface area contributed by atoms with Gasteiger partial charge >= 0.3 is 0 Å². The van der Waals surface area contributed by atoms with Gasteiger partial charge in [0.05, 0.1) is 30.9 Å². The molecule has 3 aromatic rings. The molecule has 0 radical (unpaired) electrons. The van der Waals surface area contributed by atoms with E-state index in [0.29, 0.717) is 42.4 Å². The number of nitrogens with zero attached hydrogens (tertiary/aromatic N) is 1. The summed E-state index contributed by atoms with van der Waals surface area (Å²) in [6.45, 7) is 2.54. The van der Waals surface area contributed by atoms with E-state index in [-0.39, 0.29) is 21.9 Å². The molecule has 0 aliphatic carbocycles. The maximum atomic E-state index is 13.2. The van der Waals surface area contributed by atoms with Crippen LogP contribution in [0.1, 0.15) is 36.1 Å². The number of hydrogen-bond acceptors (Lipinski definition) is 6. The van der Waals surface area contributed by atoms with E-state index < -0.39 is 17.7 Å². The van der Waals surface area contributed by atoms with Crippen LogP contribution >= 0.6 is 11.6 Å². The lowest BCUT2D eigenvalue weighted by atomic mass is 9.94. The van der Waals surface area contributed by atoms with Gasteiger partial charge in [0.2, 0.25) is 0 Å². The summed E-state index contributed by atoms with van der Waals surface area (Å²) < 4.78 is 16.8. The van der Waals surface area contributed by atoms with Crippen molar-refractivity contribution in [2.75, 3.05) is 20.8 Å². The maximum Gasteiger partial charge on any atom is 0.295 e. The van der Waals surface area contributed by atoms with Crippen LogP contribution < -0.4 is 14.2 Å². The van der Waals surface area contributed by atoms with Crippen molar-refractivity contribution < 1.29 is 28.9 Å². The van der Waals surface area contributed by atoms with Gasteiger partial charge in [-0.15, -0.1) is 0 Å². The Hall–Kier alpha value is -3.97. The summed E-state index contributed by atoms with van der Waals surface area (Å²) in [5.74, 6) is -0.430. The molecule has 1 saturated heterocycles. The van der Waals surface area contributed by atoms with Gasteiger partial charge in [0.1, 0.15) is 18.1 Å². The second-order valence-corrected chi connectivity index (χ2v) is 8.93. The average Bonchev–Trinajstić information content (AvgIpc) is 3.17. The largest absolute Gasteiger partial charge is 0.507 e. The minimum Gasteiger partial charge on any atom is -0.507 e. The Labute approximate surface area is 220 Å². The van der Waals surface area contributed by atoms with Gasteiger partial charge < -0.3 is 24.2 Å². The quantitative estimate of drug-likeness (QED) is 0.219. The molecule has 192 valence electrons. The van der Waals surface area contributed by atoms with E-state index in [1.165, 1.54) is 18.1 Å². The predicted molar refractivity (Wildman–Crippen MR) is 141 cm³/mol. The molecular formula is C29H28ClNO6. The first-order valence-corrected chi connectivity index (χ1v) is 12.2. The van der Waals surface area contributed by atoms with E-state index in [1.807, 2.05) is 37.3 Å². The number of Topliss-reactive ketones (excluding diaryl/α,β-unsaturated/α-hetero) is 1. The molecule has 1 unspecified atom stereocenters. The molecular weight excluding hydrogens is 494 g/mol. The maximum absolute atomic E-state index is 13.2. The van der Waals surface area contributed by atoms with Crippen molar-refractivity contribution in [3.63, 3.8) is 0 Å². The summed E-state index contributed by atoms with van der Waals surface area (Å²) in [5, 5.41) is 11.6. The average molecular weight is 522 g/mol. The van der Waals surface area contributed by atoms with E-state index in [9.17, 15) is 14.7 Å². The number of carbonyl (C=O) groups excluding carboxylic acids is 2. The summed E-state index contributed by atoms with van der Waals surface area (Å²) in [6.07, 6.45) is 0.622. The smallest absolute Gasteiger partial charge is 0.295 e. The van der Waals surface area contributed by atoms with Crippen molar-refractivity contribution in [1.82, 2.24) is 4.90 Å². The SMILES string of the molecule is CCCN1C(=O)C(=O)/C(=C(/O)c2cc(OC)ccc2Cl)C1c1ccc(OC)c(OCc2ccccc2)c1. The van der Waals surface area contributed by atoms with E-state index in [4.69, 9.17) is 25.8 Å². The fraction of sp³-hybridized carbons (Fsp3) is 0.241. The first kappa shape index (κ1) is 26.1. The molecule has 0 saturated carbocycles. The van der Waals surface area contributed by atoms with Crippen LogP contribution in [-0.2, 0) is 16.2 Å². The summed E-state index contributed by atoms with van der Waals surface area (Å²) >= 11 is 6.37. The van der Waals surface area contributed by atoms with E-state index in [1.54, 1.807) is 37.4 Å². The molecule has 0 spiro atoms. The number of aliphatic hydroxyl groups excluding tert-OH is 1. The van der Waals surface area contributed by atoms with Crippen molar-refractivity contribution in [2.45, 2.75) is 26.0 Å². The molecule has 4 rings (SSSR count). The number of ketones is 1. The molecule has 1 aliphatic heterocycles. The Kier molecular flexibility index (Phi) is 8.04. The van der Waals surface area contributed by atoms with Crippen LogP contribution in [0.15, 0.2) is 72.3 Å². The highest BCUT2D eigenvalue weighted by molar-refractivity contribution is 6.47. The monoisotopic (exact) mass is 521 g/mol. The predicted octanol–water partition coefficient (Wildman–Crippen LogP) is 5.77. The molecule has 3 aromatic carbocycles. The van der Waals surface area contributed by atoms with Crippen molar-refractivity contribution in [3.05, 3.63) is 94.0 Å². The van der Waals surface area contributed by atoms with E-state index in [2.05, 4.69) is 0 Å². The standard InChI is InChI=1S/C29H28ClNO6/c1-4-14-31-26(19-10-13-23(36-3)24(15-19)37-17-18-8-6-5-7-9-18)25(28(33)29(31)34)27(32)21-16-20(35-2)11-12-22(21)30/h5-13,15-16,26,32H,4,14,17H2,1-3H3/b27-25+. The highest BCUT2D eigenvalue weighted by Crippen LogP contribution is 2.43. The van der Waals surface area contributed by atoms with Crippen molar-refractivity contribution in [2.24, 2.45) is 0 Å². The molecule has 1 N–H and O–H groups in total. The minimum absolute atomic E-state index is 0.0484. The van der Waals surface area contributed by atoms with Gasteiger partial charge in [-0.2, -0.15) is 0 Å². The number of halogens is 1. The molecule has 1 aliphatic rings. The number of hydrogen-bond donors (Lipinski definition) is 1. The second-order valence-electron chi connectivity index (χ2n) is 8.52. The Morgan fingerprint density at radius 3 is 2.41 bits per heavy atom. The molecule has 1 fully saturated rings. The number of methoxy groups -OCH3 is 2. The molecule has 1 amide bonds. The van der Waals surface area contributed by atoms with Crippen molar-refractivity contribution in [1.29, 1.82) is 0 Å². The Bertz CT molecular complexity index is 1340. The van der Waals surface area contributed by atoms with Gasteiger partial charge in [0, 0.05) is 12.1 Å². The zero-order chi connectivity index (χ0) is 26.5. The molecule has 0 bridgehead atoms. The highest BCUT2D eigenvalue weighted by atomic mass is 35.5. The van der Waals surface area contributed by atoms with E-state index >= 15 is 0 Å². The number of amides is 1. The fourth-order valence-corrected chi connectivity index (χ4v) is 4.57. The third-order valence-electron chi connectivity index (χ3n) is 6.17. The number of ether oxygens (including phenoxy) is 3. The molecule has 0 aromatic heterocycles. The summed E-state index contributed by atoms with van der Waals surface area (Å²) in [7, 11) is 3.03. The molecule has 1 atom stereocenters. The first-order valence-electron chi connectivity index (χ1n) is 11.9. The van der Waals surface area contributed by atoms with Crippen molar-refractivity contribution in [3.8, 4) is 17.2 Å². The number of likely N-dealkylation sites (tertiary alicyclic amines) is 1. The van der Waals surface area contributed by atoms with Gasteiger partial charge in [0.15, 0.2) is 11.5 Å². The lowest BCUT2D eigenvalue weighted by Gasteiger charge is -2.25. The third-order valence-corrected chi connectivity index (χ3v) is 6.50. The fourth-order valence-electron chi connectivity index (χ4n) is 4.37. The molecule has 7 nitrogen and oxygen atoms in total. The highest BCUT2D eigenvalue weighted by Gasteiger charge is 2.46. The Morgan fingerprint density at radius 1 is 0.973 bits per heavy atom. The normalized spacial score (nSPS) is 16.6. The lowest BCUT2D eigenvalue weighted by molar-refractivity contribution is -0.139.